The van der Waals surface area contributed by atoms with E-state index in [1.807, 2.05) is 19.1 Å². The first-order chi connectivity index (χ1) is 10.6. The van der Waals surface area contributed by atoms with Crippen molar-refractivity contribution in [3.8, 4) is 11.5 Å². The van der Waals surface area contributed by atoms with Gasteiger partial charge in [0.25, 0.3) is 5.69 Å². The van der Waals surface area contributed by atoms with Gasteiger partial charge in [-0.25, -0.2) is 0 Å². The second-order valence-electron chi connectivity index (χ2n) is 4.86. The Morgan fingerprint density at radius 1 is 1.18 bits per heavy atom. The van der Waals surface area contributed by atoms with Crippen molar-refractivity contribution in [2.75, 3.05) is 6.79 Å². The van der Waals surface area contributed by atoms with Crippen LogP contribution in [0.3, 0.4) is 0 Å². The van der Waals surface area contributed by atoms with E-state index < -0.39 is 10.7 Å². The third-order valence-electron chi connectivity index (χ3n) is 3.56. The highest BCUT2D eigenvalue weighted by Gasteiger charge is 2.27. The van der Waals surface area contributed by atoms with Gasteiger partial charge in [0, 0.05) is 11.6 Å². The molecule has 1 aliphatic rings. The van der Waals surface area contributed by atoms with Crippen LogP contribution in [0.2, 0.25) is 0 Å². The molecule has 0 aliphatic carbocycles. The Morgan fingerprint density at radius 2 is 1.82 bits per heavy atom. The zero-order chi connectivity index (χ0) is 15.7. The second kappa shape index (κ2) is 5.48. The molecule has 0 saturated heterocycles. The molecular formula is C16H13NO5. The third-order valence-corrected chi connectivity index (χ3v) is 3.56. The minimum Gasteiger partial charge on any atom is -0.454 e. The number of ketones is 1. The first-order valence-electron chi connectivity index (χ1n) is 6.82. The fourth-order valence-corrected chi connectivity index (χ4v) is 2.31. The minimum atomic E-state index is -0.588. The third kappa shape index (κ3) is 2.39. The number of hydrogen-bond donors (Lipinski definition) is 0. The molecule has 6 heteroatoms. The highest BCUT2D eigenvalue weighted by molar-refractivity contribution is 6.12. The average molecular weight is 299 g/mol. The Hall–Kier alpha value is -2.89. The molecule has 0 bridgehead atoms. The van der Waals surface area contributed by atoms with E-state index in [0.29, 0.717) is 11.3 Å². The highest BCUT2D eigenvalue weighted by Crippen LogP contribution is 2.38. The first-order valence-corrected chi connectivity index (χ1v) is 6.82. The number of rotatable bonds is 4. The zero-order valence-electron chi connectivity index (χ0n) is 11.9. The molecule has 0 fully saturated rings. The van der Waals surface area contributed by atoms with E-state index in [9.17, 15) is 14.9 Å². The van der Waals surface area contributed by atoms with E-state index >= 15 is 0 Å². The van der Waals surface area contributed by atoms with Crippen LogP contribution >= 0.6 is 0 Å². The van der Waals surface area contributed by atoms with E-state index in [0.717, 1.165) is 12.0 Å². The number of hydrogen-bond acceptors (Lipinski definition) is 5. The van der Waals surface area contributed by atoms with Crippen LogP contribution < -0.4 is 9.47 Å². The predicted molar refractivity (Wildman–Crippen MR) is 78.5 cm³/mol. The molecule has 2 aromatic carbocycles. The number of aryl methyl sites for hydroxylation is 1. The van der Waals surface area contributed by atoms with Crippen molar-refractivity contribution in [2.24, 2.45) is 0 Å². The topological polar surface area (TPSA) is 78.7 Å². The van der Waals surface area contributed by atoms with Crippen LogP contribution in [0, 0.1) is 10.1 Å². The molecule has 6 nitrogen and oxygen atoms in total. The fraction of sp³-hybridized carbons (Fsp3) is 0.188. The summed E-state index contributed by atoms with van der Waals surface area (Å²) >= 11 is 0. The Bertz CT molecular complexity index is 752. The summed E-state index contributed by atoms with van der Waals surface area (Å²) in [6, 6.07) is 9.63. The summed E-state index contributed by atoms with van der Waals surface area (Å²) in [6.45, 7) is 2.01. The number of benzene rings is 2. The number of ether oxygens (including phenoxy) is 2. The largest absolute Gasteiger partial charge is 0.454 e. The molecule has 0 radical (unpaired) electrons. The lowest BCUT2D eigenvalue weighted by Gasteiger charge is -2.05. The summed E-state index contributed by atoms with van der Waals surface area (Å²) in [6.07, 6.45) is 0.860. The summed E-state index contributed by atoms with van der Waals surface area (Å²) in [7, 11) is 0. The van der Waals surface area contributed by atoms with Crippen LogP contribution in [0.15, 0.2) is 36.4 Å². The van der Waals surface area contributed by atoms with E-state index in [-0.39, 0.29) is 23.8 Å². The normalized spacial score (nSPS) is 12.2. The number of nitrogens with zero attached hydrogens (tertiary/aromatic N) is 1. The molecule has 1 heterocycles. The number of nitro benzene ring substituents is 1. The van der Waals surface area contributed by atoms with Gasteiger partial charge in [-0.1, -0.05) is 31.2 Å². The molecule has 0 unspecified atom stereocenters. The monoisotopic (exact) mass is 299 g/mol. The molecule has 2 aromatic rings. The van der Waals surface area contributed by atoms with Gasteiger partial charge >= 0.3 is 0 Å². The SMILES string of the molecule is CCc1ccc(C(=O)c2cc3c(cc2[N+](=O)[O-])OCO3)cc1. The Labute approximate surface area is 126 Å². The van der Waals surface area contributed by atoms with Crippen LogP contribution in [0.25, 0.3) is 0 Å². The van der Waals surface area contributed by atoms with Gasteiger partial charge in [0.2, 0.25) is 6.79 Å². The molecule has 0 N–H and O–H groups in total. The molecule has 0 aromatic heterocycles. The van der Waals surface area contributed by atoms with Crippen LogP contribution in [0.5, 0.6) is 11.5 Å². The van der Waals surface area contributed by atoms with Crippen molar-refractivity contribution in [3.63, 3.8) is 0 Å². The van der Waals surface area contributed by atoms with Crippen molar-refractivity contribution in [2.45, 2.75) is 13.3 Å². The molecular weight excluding hydrogens is 286 g/mol. The van der Waals surface area contributed by atoms with Crippen LogP contribution in [0.1, 0.15) is 28.4 Å². The van der Waals surface area contributed by atoms with Gasteiger partial charge in [-0.05, 0) is 12.0 Å². The Morgan fingerprint density at radius 3 is 2.41 bits per heavy atom. The summed E-state index contributed by atoms with van der Waals surface area (Å²) in [4.78, 5) is 23.2. The number of carbonyl (C=O) groups excluding carboxylic acids is 1. The van der Waals surface area contributed by atoms with E-state index in [2.05, 4.69) is 0 Å². The maximum atomic E-state index is 12.6. The van der Waals surface area contributed by atoms with Crippen molar-refractivity contribution in [1.29, 1.82) is 0 Å². The Balaban J connectivity index is 2.05. The quantitative estimate of drug-likeness (QED) is 0.492. The molecule has 0 spiro atoms. The lowest BCUT2D eigenvalue weighted by Crippen LogP contribution is -2.05. The summed E-state index contributed by atoms with van der Waals surface area (Å²) < 4.78 is 10.3. The van der Waals surface area contributed by atoms with Crippen molar-refractivity contribution in [3.05, 3.63) is 63.2 Å². The summed E-state index contributed by atoms with van der Waals surface area (Å²) in [5.74, 6) is 0.219. The smallest absolute Gasteiger partial charge is 0.284 e. The summed E-state index contributed by atoms with van der Waals surface area (Å²) in [5.41, 5.74) is 1.21. The second-order valence-corrected chi connectivity index (χ2v) is 4.86. The van der Waals surface area contributed by atoms with Crippen molar-refractivity contribution < 1.29 is 19.2 Å². The van der Waals surface area contributed by atoms with Crippen LogP contribution in [-0.4, -0.2) is 17.5 Å². The van der Waals surface area contributed by atoms with Gasteiger partial charge in [0.1, 0.15) is 5.56 Å². The summed E-state index contributed by atoms with van der Waals surface area (Å²) in [5, 5.41) is 11.2. The van der Waals surface area contributed by atoms with Gasteiger partial charge < -0.3 is 9.47 Å². The van der Waals surface area contributed by atoms with E-state index in [1.54, 1.807) is 12.1 Å². The van der Waals surface area contributed by atoms with Crippen molar-refractivity contribution >= 4 is 11.5 Å². The molecule has 1 aliphatic heterocycles. The molecule has 3 rings (SSSR count). The van der Waals surface area contributed by atoms with E-state index in [1.165, 1.54) is 12.1 Å². The number of nitro groups is 1. The standard InChI is InChI=1S/C16H13NO5/c1-2-10-3-5-11(6-4-10)16(18)12-7-14-15(22-9-21-14)8-13(12)17(19)20/h3-8H,2,9H2,1H3. The number of fused-ring (bicyclic) bond motifs is 1. The van der Waals surface area contributed by atoms with Gasteiger partial charge in [-0.15, -0.1) is 0 Å². The highest BCUT2D eigenvalue weighted by atomic mass is 16.7. The molecule has 112 valence electrons. The maximum absolute atomic E-state index is 12.6. The van der Waals surface area contributed by atoms with Gasteiger partial charge in [0.15, 0.2) is 17.3 Å². The van der Waals surface area contributed by atoms with Crippen LogP contribution in [-0.2, 0) is 6.42 Å². The lowest BCUT2D eigenvalue weighted by atomic mass is 9.99. The zero-order valence-corrected chi connectivity index (χ0v) is 11.9. The predicted octanol–water partition coefficient (Wildman–Crippen LogP) is 3.12. The first kappa shape index (κ1) is 14.1. The van der Waals surface area contributed by atoms with Crippen molar-refractivity contribution in [1.82, 2.24) is 0 Å². The molecule has 22 heavy (non-hydrogen) atoms. The molecule has 0 saturated carbocycles. The lowest BCUT2D eigenvalue weighted by molar-refractivity contribution is -0.385. The minimum absolute atomic E-state index is 0.00139. The maximum Gasteiger partial charge on any atom is 0.284 e. The molecule has 0 atom stereocenters. The Kier molecular flexibility index (Phi) is 3.50. The van der Waals surface area contributed by atoms with Crippen LogP contribution in [0.4, 0.5) is 5.69 Å². The average Bonchev–Trinajstić information content (AvgIpc) is 3.00. The number of carbonyl (C=O) groups is 1. The molecule has 0 amide bonds. The van der Waals surface area contributed by atoms with E-state index in [4.69, 9.17) is 9.47 Å². The van der Waals surface area contributed by atoms with Gasteiger partial charge in [0.05, 0.1) is 11.0 Å². The van der Waals surface area contributed by atoms with Gasteiger partial charge in [-0.3, -0.25) is 14.9 Å². The fourth-order valence-electron chi connectivity index (χ4n) is 2.31. The van der Waals surface area contributed by atoms with Gasteiger partial charge in [-0.2, -0.15) is 0 Å².